The summed E-state index contributed by atoms with van der Waals surface area (Å²) in [5.41, 5.74) is 0. The van der Waals surface area contributed by atoms with Gasteiger partial charge < -0.3 is 18.9 Å². The van der Waals surface area contributed by atoms with E-state index in [2.05, 4.69) is 44.3 Å². The van der Waals surface area contributed by atoms with E-state index in [1.54, 1.807) is 0 Å². The monoisotopic (exact) mass is 938 g/mol. The Hall–Kier alpha value is -2.16. The van der Waals surface area contributed by atoms with Gasteiger partial charge in [-0.25, -0.2) is 0 Å². The maximum absolute atomic E-state index is 12.3. The number of rotatable bonds is 46. The van der Waals surface area contributed by atoms with Crippen molar-refractivity contribution in [1.82, 2.24) is 4.90 Å². The number of unbranched alkanes of at least 4 members (excludes halogenated alkanes) is 28. The van der Waals surface area contributed by atoms with Crippen LogP contribution in [0.15, 0.2) is 0 Å². The van der Waals surface area contributed by atoms with Crippen molar-refractivity contribution < 1.29 is 38.1 Å². The molecular formula is C57H111NO8. The fourth-order valence-electron chi connectivity index (χ4n) is 8.34. The molecule has 0 spiro atoms. The highest BCUT2D eigenvalue weighted by Crippen LogP contribution is 2.19. The molecule has 1 fully saturated rings. The van der Waals surface area contributed by atoms with Gasteiger partial charge in [-0.2, -0.15) is 0 Å². The summed E-state index contributed by atoms with van der Waals surface area (Å²) in [4.78, 5) is 47.9. The van der Waals surface area contributed by atoms with Crippen LogP contribution in [-0.4, -0.2) is 74.3 Å². The first kappa shape index (κ1) is 65.9. The first-order valence-electron chi connectivity index (χ1n) is 28.6. The van der Waals surface area contributed by atoms with Crippen molar-refractivity contribution in [3.63, 3.8) is 0 Å². The van der Waals surface area contributed by atoms with Crippen LogP contribution in [0.1, 0.15) is 298 Å². The fraction of sp³-hybridized carbons (Fsp3) is 0.930. The number of hydrogen-bond donors (Lipinski definition) is 0. The molecule has 9 nitrogen and oxygen atoms in total. The molecule has 0 aromatic heterocycles. The van der Waals surface area contributed by atoms with Gasteiger partial charge in [0.2, 0.25) is 0 Å². The molecule has 392 valence electrons. The second-order valence-corrected chi connectivity index (χ2v) is 19.2. The molecule has 0 aliphatic carbocycles. The summed E-state index contributed by atoms with van der Waals surface area (Å²) in [6.07, 6.45) is 46.6. The second-order valence-electron chi connectivity index (χ2n) is 19.2. The van der Waals surface area contributed by atoms with Crippen molar-refractivity contribution in [3.8, 4) is 0 Å². The van der Waals surface area contributed by atoms with E-state index in [1.165, 1.54) is 161 Å². The Kier molecular flexibility index (Phi) is 55.4. The molecule has 0 saturated carbocycles. The largest absolute Gasteiger partial charge is 0.468 e. The first-order chi connectivity index (χ1) is 32.3. The predicted octanol–water partition coefficient (Wildman–Crippen LogP) is 16.5. The normalized spacial score (nSPS) is 13.4. The molecule has 0 bridgehead atoms. The highest BCUT2D eigenvalue weighted by atomic mass is 16.5. The molecular weight excluding hydrogens is 827 g/mol. The lowest BCUT2D eigenvalue weighted by molar-refractivity contribution is -0.150. The van der Waals surface area contributed by atoms with Gasteiger partial charge in [0.25, 0.3) is 6.47 Å². The molecule has 0 N–H and O–H groups in total. The van der Waals surface area contributed by atoms with Gasteiger partial charge in [0, 0.05) is 32.4 Å². The van der Waals surface area contributed by atoms with Gasteiger partial charge in [-0.05, 0) is 70.8 Å². The van der Waals surface area contributed by atoms with Crippen molar-refractivity contribution in [3.05, 3.63) is 0 Å². The summed E-state index contributed by atoms with van der Waals surface area (Å²) in [7, 11) is 0. The average Bonchev–Trinajstić information content (AvgIpc) is 3.77. The number of nitrogens with zero attached hydrogens (tertiary/aromatic N) is 1. The Labute approximate surface area is 409 Å². The standard InChI is InChI=1S/C26H50O4.C24H45NO4.C7H16/c1-3-5-7-9-12-16-20-25(21-17-13-10-8-6-4-2)30-26(28)22-18-14-11-15-19-23-29-24-27;1-3-5-6-7-8-9-10-11-15-20-28-24(27)16-13-12-14-18-25-19-17-22(21-25)29-23(26)4-2;1-3-5-7-6-4-2/h24-25H,3-23H2,1-2H3;22H,3-21H2,1-2H3;3-7H2,1-2H3. The third-order valence-corrected chi connectivity index (χ3v) is 12.7. The number of carbonyl (C=O) groups excluding carboxylic acids is 4. The SMILES string of the molecule is CCCCCCC.CCCCCCCCC(CCCCCCCC)OC(=O)CCCCCCCOC=O.CCCCCCCCCCCOC(=O)CCCCCN1CCC(OC(=O)CC)C1. The van der Waals surface area contributed by atoms with Gasteiger partial charge >= 0.3 is 17.9 Å². The number of ether oxygens (including phenoxy) is 4. The van der Waals surface area contributed by atoms with E-state index in [1.807, 2.05) is 6.92 Å². The molecule has 1 atom stereocenters. The quantitative estimate of drug-likeness (QED) is 0.0255. The van der Waals surface area contributed by atoms with Gasteiger partial charge in [-0.3, -0.25) is 24.1 Å². The minimum absolute atomic E-state index is 0.0127. The van der Waals surface area contributed by atoms with E-state index in [0.29, 0.717) is 38.9 Å². The van der Waals surface area contributed by atoms with Gasteiger partial charge in [0.05, 0.1) is 13.2 Å². The minimum Gasteiger partial charge on any atom is -0.468 e. The molecule has 0 aromatic carbocycles. The maximum atomic E-state index is 12.3. The maximum Gasteiger partial charge on any atom is 0.306 e. The van der Waals surface area contributed by atoms with Crippen LogP contribution in [-0.2, 0) is 38.1 Å². The Balaban J connectivity index is 0. The van der Waals surface area contributed by atoms with Crippen molar-refractivity contribution in [2.75, 3.05) is 32.8 Å². The van der Waals surface area contributed by atoms with E-state index in [-0.39, 0.29) is 30.1 Å². The molecule has 1 aliphatic heterocycles. The molecule has 1 saturated heterocycles. The van der Waals surface area contributed by atoms with Crippen LogP contribution >= 0.6 is 0 Å². The lowest BCUT2D eigenvalue weighted by atomic mass is 10.0. The Morgan fingerprint density at radius 2 is 0.894 bits per heavy atom. The highest BCUT2D eigenvalue weighted by molar-refractivity contribution is 5.70. The van der Waals surface area contributed by atoms with E-state index >= 15 is 0 Å². The summed E-state index contributed by atoms with van der Waals surface area (Å²) in [5, 5.41) is 0. The predicted molar refractivity (Wildman–Crippen MR) is 278 cm³/mol. The molecule has 0 aromatic rings. The zero-order valence-electron chi connectivity index (χ0n) is 44.8. The fourth-order valence-corrected chi connectivity index (χ4v) is 8.34. The third-order valence-electron chi connectivity index (χ3n) is 12.7. The summed E-state index contributed by atoms with van der Waals surface area (Å²) in [6.45, 7) is 17.5. The smallest absolute Gasteiger partial charge is 0.306 e. The Morgan fingerprint density at radius 1 is 0.485 bits per heavy atom. The van der Waals surface area contributed by atoms with Gasteiger partial charge in [0.15, 0.2) is 0 Å². The van der Waals surface area contributed by atoms with Crippen LogP contribution in [0, 0.1) is 0 Å². The number of carbonyl (C=O) groups is 4. The summed E-state index contributed by atoms with van der Waals surface area (Å²) in [6, 6.07) is 0. The minimum atomic E-state index is -0.0993. The van der Waals surface area contributed by atoms with Crippen LogP contribution in [0.25, 0.3) is 0 Å². The summed E-state index contributed by atoms with van der Waals surface area (Å²) in [5.74, 6) is -0.156. The van der Waals surface area contributed by atoms with Crippen LogP contribution in [0.3, 0.4) is 0 Å². The average molecular weight is 939 g/mol. The van der Waals surface area contributed by atoms with Crippen LogP contribution in [0.2, 0.25) is 0 Å². The van der Waals surface area contributed by atoms with E-state index in [4.69, 9.17) is 14.2 Å². The van der Waals surface area contributed by atoms with E-state index < -0.39 is 0 Å². The van der Waals surface area contributed by atoms with E-state index in [0.717, 1.165) is 96.7 Å². The van der Waals surface area contributed by atoms with Gasteiger partial charge in [0.1, 0.15) is 12.2 Å². The van der Waals surface area contributed by atoms with Crippen molar-refractivity contribution in [2.45, 2.75) is 311 Å². The lowest BCUT2D eigenvalue weighted by Crippen LogP contribution is -2.25. The third kappa shape index (κ3) is 51.2. The zero-order chi connectivity index (χ0) is 48.8. The molecule has 0 amide bonds. The Morgan fingerprint density at radius 3 is 1.38 bits per heavy atom. The number of hydrogen-bond acceptors (Lipinski definition) is 9. The first-order valence-corrected chi connectivity index (χ1v) is 28.6. The van der Waals surface area contributed by atoms with Crippen LogP contribution in [0.5, 0.6) is 0 Å². The van der Waals surface area contributed by atoms with Crippen LogP contribution in [0.4, 0.5) is 0 Å². The number of likely N-dealkylation sites (tertiary alicyclic amines) is 1. The van der Waals surface area contributed by atoms with Crippen molar-refractivity contribution in [1.29, 1.82) is 0 Å². The molecule has 66 heavy (non-hydrogen) atoms. The summed E-state index contributed by atoms with van der Waals surface area (Å²) < 4.78 is 21.3. The lowest BCUT2D eigenvalue weighted by Gasteiger charge is -2.18. The van der Waals surface area contributed by atoms with Crippen molar-refractivity contribution >= 4 is 24.4 Å². The van der Waals surface area contributed by atoms with Crippen LogP contribution < -0.4 is 0 Å². The Bertz CT molecular complexity index is 1000. The van der Waals surface area contributed by atoms with Gasteiger partial charge in [-0.15, -0.1) is 0 Å². The highest BCUT2D eigenvalue weighted by Gasteiger charge is 2.24. The number of esters is 3. The molecule has 1 aliphatic rings. The second kappa shape index (κ2) is 55.4. The zero-order valence-corrected chi connectivity index (χ0v) is 44.8. The topological polar surface area (TPSA) is 108 Å². The molecule has 1 heterocycles. The molecule has 1 unspecified atom stereocenters. The summed E-state index contributed by atoms with van der Waals surface area (Å²) >= 11 is 0. The molecule has 9 heteroatoms. The van der Waals surface area contributed by atoms with Gasteiger partial charge in [-0.1, -0.05) is 215 Å². The van der Waals surface area contributed by atoms with Crippen molar-refractivity contribution in [2.24, 2.45) is 0 Å². The molecule has 1 rings (SSSR count). The molecule has 0 radical (unpaired) electrons. The van der Waals surface area contributed by atoms with E-state index in [9.17, 15) is 19.2 Å².